The third-order valence-corrected chi connectivity index (χ3v) is 20.7. The van der Waals surface area contributed by atoms with Gasteiger partial charge in [-0.2, -0.15) is 0 Å². The van der Waals surface area contributed by atoms with E-state index in [4.69, 9.17) is 37.0 Å². The minimum Gasteiger partial charge on any atom is -0.462 e. The van der Waals surface area contributed by atoms with Crippen LogP contribution in [0.1, 0.15) is 414 Å². The molecule has 0 aromatic heterocycles. The van der Waals surface area contributed by atoms with Crippen LogP contribution in [0.5, 0.6) is 0 Å². The first-order valence-electron chi connectivity index (χ1n) is 41.0. The molecule has 0 amide bonds. The van der Waals surface area contributed by atoms with Crippen LogP contribution in [0.15, 0.2) is 0 Å². The number of unbranched alkanes of at least 4 members (excludes halogenated alkanes) is 47. The number of carbonyl (C=O) groups excluding carboxylic acids is 4. The zero-order chi connectivity index (χ0) is 72.1. The predicted octanol–water partition coefficient (Wildman–Crippen LogP) is 23.5. The topological polar surface area (TPSA) is 237 Å². The van der Waals surface area contributed by atoms with Gasteiger partial charge in [-0.05, 0) is 37.5 Å². The standard InChI is InChI=1S/C79H154O17P2/c1-7-10-12-14-16-18-20-22-24-25-26-27-28-29-30-32-34-39-43-51-57-63-78(83)95-74(67-89-76(81)61-55-49-42-38-33-31-23-21-19-17-15-13-11-8-2)69-93-97(85,86)91-65-73(80)66-92-98(87,88)94-70-75(68-90-77(82)62-56-50-46-45-48-54-60-72(6)9-3)96-79(84)64-58-52-44-40-36-35-37-41-47-53-59-71(4)5/h71-75,80H,7-70H2,1-6H3,(H,85,86)(H,87,88)/t72?,73-,74-,75-/m1/s1. The second-order valence-electron chi connectivity index (χ2n) is 29.2. The molecule has 3 N–H and O–H groups in total. The van der Waals surface area contributed by atoms with Crippen molar-refractivity contribution >= 4 is 39.5 Å². The predicted molar refractivity (Wildman–Crippen MR) is 400 cm³/mol. The quantitative estimate of drug-likeness (QED) is 0.0222. The third-order valence-electron chi connectivity index (χ3n) is 18.8. The van der Waals surface area contributed by atoms with Crippen LogP contribution < -0.4 is 0 Å². The number of hydrogen-bond acceptors (Lipinski definition) is 15. The first-order chi connectivity index (χ1) is 47.4. The summed E-state index contributed by atoms with van der Waals surface area (Å²) >= 11 is 0. The normalized spacial score (nSPS) is 14.2. The second-order valence-corrected chi connectivity index (χ2v) is 32.1. The fraction of sp³-hybridized carbons (Fsp3) is 0.949. The van der Waals surface area contributed by atoms with E-state index in [1.54, 1.807) is 0 Å². The Morgan fingerprint density at radius 2 is 0.520 bits per heavy atom. The summed E-state index contributed by atoms with van der Waals surface area (Å²) in [7, 11) is -9.92. The van der Waals surface area contributed by atoms with E-state index in [1.807, 2.05) is 0 Å². The Bertz CT molecular complexity index is 1890. The summed E-state index contributed by atoms with van der Waals surface area (Å²) < 4.78 is 68.6. The van der Waals surface area contributed by atoms with E-state index in [-0.39, 0.29) is 25.7 Å². The van der Waals surface area contributed by atoms with Gasteiger partial charge in [0.15, 0.2) is 12.2 Å². The van der Waals surface area contributed by atoms with Crippen molar-refractivity contribution in [2.24, 2.45) is 11.8 Å². The molecule has 0 rings (SSSR count). The maximum atomic E-state index is 13.1. The summed E-state index contributed by atoms with van der Waals surface area (Å²) in [6.45, 7) is 9.57. The van der Waals surface area contributed by atoms with Gasteiger partial charge in [-0.1, -0.05) is 363 Å². The Labute approximate surface area is 600 Å². The molecule has 0 aromatic carbocycles. The Morgan fingerprint density at radius 1 is 0.296 bits per heavy atom. The molecule has 6 atom stereocenters. The van der Waals surface area contributed by atoms with Gasteiger partial charge in [-0.25, -0.2) is 9.13 Å². The number of aliphatic hydroxyl groups is 1. The van der Waals surface area contributed by atoms with Crippen molar-refractivity contribution in [3.63, 3.8) is 0 Å². The van der Waals surface area contributed by atoms with E-state index >= 15 is 0 Å². The second kappa shape index (κ2) is 70.7. The molecule has 0 aliphatic rings. The van der Waals surface area contributed by atoms with Crippen molar-refractivity contribution in [1.29, 1.82) is 0 Å². The average molecular weight is 1440 g/mol. The van der Waals surface area contributed by atoms with Crippen molar-refractivity contribution in [3.8, 4) is 0 Å². The van der Waals surface area contributed by atoms with Gasteiger partial charge in [0.25, 0.3) is 0 Å². The van der Waals surface area contributed by atoms with Gasteiger partial charge in [-0.15, -0.1) is 0 Å². The van der Waals surface area contributed by atoms with E-state index < -0.39 is 97.5 Å². The smallest absolute Gasteiger partial charge is 0.462 e. The molecule has 0 aliphatic carbocycles. The fourth-order valence-corrected chi connectivity index (χ4v) is 13.7. The summed E-state index contributed by atoms with van der Waals surface area (Å²) in [6, 6.07) is 0. The highest BCUT2D eigenvalue weighted by atomic mass is 31.2. The molecule has 98 heavy (non-hydrogen) atoms. The molecule has 0 heterocycles. The molecule has 0 saturated carbocycles. The molecule has 17 nitrogen and oxygen atoms in total. The Balaban J connectivity index is 5.22. The lowest BCUT2D eigenvalue weighted by molar-refractivity contribution is -0.161. The highest BCUT2D eigenvalue weighted by molar-refractivity contribution is 7.47. The van der Waals surface area contributed by atoms with Crippen LogP contribution in [0.25, 0.3) is 0 Å². The third kappa shape index (κ3) is 71.1. The molecular formula is C79H154O17P2. The lowest BCUT2D eigenvalue weighted by Crippen LogP contribution is -2.30. The van der Waals surface area contributed by atoms with Crippen molar-refractivity contribution in [2.45, 2.75) is 432 Å². The Kier molecular flexibility index (Phi) is 69.3. The number of ether oxygens (including phenoxy) is 4. The summed E-state index contributed by atoms with van der Waals surface area (Å²) in [5, 5.41) is 10.6. The maximum Gasteiger partial charge on any atom is 0.472 e. The molecule has 0 spiro atoms. The van der Waals surface area contributed by atoms with Crippen molar-refractivity contribution in [3.05, 3.63) is 0 Å². The lowest BCUT2D eigenvalue weighted by Gasteiger charge is -2.21. The number of esters is 4. The van der Waals surface area contributed by atoms with Crippen LogP contribution in [0, 0.1) is 11.8 Å². The number of phosphoric ester groups is 2. The number of phosphoric acid groups is 2. The molecule has 0 aliphatic heterocycles. The zero-order valence-electron chi connectivity index (χ0n) is 64.1. The van der Waals surface area contributed by atoms with Gasteiger partial charge in [0.2, 0.25) is 0 Å². The summed E-state index contributed by atoms with van der Waals surface area (Å²) in [4.78, 5) is 72.9. The molecule has 582 valence electrons. The van der Waals surface area contributed by atoms with Gasteiger partial charge < -0.3 is 33.8 Å². The largest absolute Gasteiger partial charge is 0.472 e. The monoisotopic (exact) mass is 1440 g/mol. The number of hydrogen-bond donors (Lipinski definition) is 3. The van der Waals surface area contributed by atoms with Crippen molar-refractivity contribution in [1.82, 2.24) is 0 Å². The summed E-state index contributed by atoms with van der Waals surface area (Å²) in [5.41, 5.74) is 0. The molecule has 0 saturated heterocycles. The van der Waals surface area contributed by atoms with Crippen molar-refractivity contribution in [2.75, 3.05) is 39.6 Å². The SMILES string of the molecule is CCCCCCCCCCCCCCCCCCCCCCCC(=O)O[C@H](COC(=O)CCCCCCCCCCCCCCCC)COP(=O)(O)OC[C@@H](O)COP(=O)(O)OC[C@@H](COC(=O)CCCCCCCCC(C)CC)OC(=O)CCCCCCCCCCCCC(C)C. The molecule has 0 radical (unpaired) electrons. The number of aliphatic hydroxyl groups excluding tert-OH is 1. The first kappa shape index (κ1) is 96.1. The van der Waals surface area contributed by atoms with Crippen LogP contribution >= 0.6 is 15.6 Å². The van der Waals surface area contributed by atoms with Gasteiger partial charge in [-0.3, -0.25) is 37.3 Å². The maximum absolute atomic E-state index is 13.1. The highest BCUT2D eigenvalue weighted by Crippen LogP contribution is 2.45. The van der Waals surface area contributed by atoms with Crippen LogP contribution in [0.3, 0.4) is 0 Å². The molecule has 0 aromatic rings. The lowest BCUT2D eigenvalue weighted by atomic mass is 10.00. The number of rotatable bonds is 78. The summed E-state index contributed by atoms with van der Waals surface area (Å²) in [5.74, 6) is -0.631. The minimum absolute atomic E-state index is 0.105. The van der Waals surface area contributed by atoms with Crippen LogP contribution in [0.2, 0.25) is 0 Å². The number of carbonyl (C=O) groups is 4. The zero-order valence-corrected chi connectivity index (χ0v) is 65.9. The highest BCUT2D eigenvalue weighted by Gasteiger charge is 2.30. The van der Waals surface area contributed by atoms with Crippen molar-refractivity contribution < 1.29 is 80.2 Å². The Hall–Kier alpha value is -1.94. The Morgan fingerprint density at radius 3 is 0.776 bits per heavy atom. The molecule has 0 bridgehead atoms. The van der Waals surface area contributed by atoms with Gasteiger partial charge >= 0.3 is 39.5 Å². The molecule has 19 heteroatoms. The molecule has 0 fully saturated rings. The fourth-order valence-electron chi connectivity index (χ4n) is 12.2. The van der Waals surface area contributed by atoms with Gasteiger partial charge in [0.05, 0.1) is 26.4 Å². The molecular weight excluding hydrogens is 1280 g/mol. The van der Waals surface area contributed by atoms with E-state index in [0.717, 1.165) is 108 Å². The van der Waals surface area contributed by atoms with E-state index in [0.29, 0.717) is 25.7 Å². The first-order valence-corrected chi connectivity index (χ1v) is 44.0. The van der Waals surface area contributed by atoms with Crippen LogP contribution in [0.4, 0.5) is 0 Å². The van der Waals surface area contributed by atoms with E-state index in [9.17, 15) is 43.2 Å². The average Bonchev–Trinajstić information content (AvgIpc) is 0.970. The van der Waals surface area contributed by atoms with Crippen LogP contribution in [-0.2, 0) is 65.4 Å². The molecule has 3 unspecified atom stereocenters. The van der Waals surface area contributed by atoms with E-state index in [2.05, 4.69) is 41.5 Å². The summed E-state index contributed by atoms with van der Waals surface area (Å²) in [6.07, 6.45) is 59.8. The van der Waals surface area contributed by atoms with E-state index in [1.165, 1.54) is 225 Å². The minimum atomic E-state index is -4.96. The van der Waals surface area contributed by atoms with Gasteiger partial charge in [0, 0.05) is 25.7 Å². The van der Waals surface area contributed by atoms with Crippen LogP contribution in [-0.4, -0.2) is 96.7 Å². The van der Waals surface area contributed by atoms with Gasteiger partial charge in [0.1, 0.15) is 19.3 Å².